The number of amides is 1. The predicted molar refractivity (Wildman–Crippen MR) is 79.1 cm³/mol. The molecule has 1 amide bonds. The second-order valence-corrected chi connectivity index (χ2v) is 4.62. The minimum Gasteiger partial charge on any atom is -0.380 e. The molecule has 0 aliphatic carbocycles. The number of carbonyl (C=O) groups is 1. The summed E-state index contributed by atoms with van der Waals surface area (Å²) in [5.74, 6) is -0.177. The van der Waals surface area contributed by atoms with Gasteiger partial charge in [-0.2, -0.15) is 0 Å². The topological polar surface area (TPSA) is 64.3 Å². The van der Waals surface area contributed by atoms with Gasteiger partial charge >= 0.3 is 0 Å². The quantitative estimate of drug-likeness (QED) is 0.839. The van der Waals surface area contributed by atoms with Crippen LogP contribution in [0.3, 0.4) is 0 Å². The largest absolute Gasteiger partial charge is 0.380 e. The van der Waals surface area contributed by atoms with Crippen molar-refractivity contribution in [2.45, 2.75) is 33.0 Å². The van der Waals surface area contributed by atoms with Crippen LogP contribution in [-0.2, 0) is 22.7 Å². The summed E-state index contributed by atoms with van der Waals surface area (Å²) < 4.78 is 5.04. The number of nitrogens with one attached hydrogen (secondary N) is 1. The Morgan fingerprint density at radius 3 is 2.26 bits per heavy atom. The van der Waals surface area contributed by atoms with Gasteiger partial charge in [-0.3, -0.25) is 4.79 Å². The van der Waals surface area contributed by atoms with E-state index in [0.717, 1.165) is 11.1 Å². The van der Waals surface area contributed by atoms with Crippen LogP contribution in [0.2, 0.25) is 0 Å². The molecule has 0 fully saturated rings. The molecule has 1 aromatic rings. The molecule has 0 saturated heterocycles. The molecule has 0 bridgehead atoms. The Kier molecular flexibility index (Phi) is 8.39. The summed E-state index contributed by atoms with van der Waals surface area (Å²) >= 11 is 0. The number of rotatable bonds is 6. The molecule has 1 rings (SSSR count). The Morgan fingerprint density at radius 1 is 1.26 bits per heavy atom. The minimum atomic E-state index is -0.169. The summed E-state index contributed by atoms with van der Waals surface area (Å²) in [5.41, 5.74) is 7.88. The van der Waals surface area contributed by atoms with Crippen LogP contribution in [0.5, 0.6) is 0 Å². The fraction of sp³-hybridized carbons (Fsp3) is 0.500. The molecule has 0 radical (unpaired) electrons. The number of hydrogen-bond donors (Lipinski definition) is 2. The maximum atomic E-state index is 11.7. The number of carbonyl (C=O) groups excluding carboxylic acids is 1. The molecule has 0 heterocycles. The Morgan fingerprint density at radius 2 is 1.79 bits per heavy atom. The highest BCUT2D eigenvalue weighted by Gasteiger charge is 2.16. The van der Waals surface area contributed by atoms with Crippen molar-refractivity contribution in [1.82, 2.24) is 5.32 Å². The van der Waals surface area contributed by atoms with Crippen LogP contribution in [0.15, 0.2) is 24.3 Å². The average molecular weight is 287 g/mol. The van der Waals surface area contributed by atoms with Gasteiger partial charge in [0.15, 0.2) is 0 Å². The lowest BCUT2D eigenvalue weighted by molar-refractivity contribution is -0.125. The molecule has 0 saturated carbocycles. The molecule has 1 aromatic carbocycles. The molecule has 108 valence electrons. The van der Waals surface area contributed by atoms with E-state index in [-0.39, 0.29) is 30.3 Å². The first-order chi connectivity index (χ1) is 8.54. The summed E-state index contributed by atoms with van der Waals surface area (Å²) in [6, 6.07) is 7.85. The number of methoxy groups -OCH3 is 1. The first kappa shape index (κ1) is 17.9. The summed E-state index contributed by atoms with van der Waals surface area (Å²) in [4.78, 5) is 11.7. The van der Waals surface area contributed by atoms with Gasteiger partial charge in [0.05, 0.1) is 6.61 Å². The molecular weight excluding hydrogens is 264 g/mol. The second-order valence-electron chi connectivity index (χ2n) is 4.62. The SMILES string of the molecule is COCc1ccc(CNC(=O)C(C)C(C)N)cc1.Cl. The molecule has 2 atom stereocenters. The van der Waals surface area contributed by atoms with Crippen molar-refractivity contribution in [2.24, 2.45) is 11.7 Å². The molecule has 5 heteroatoms. The van der Waals surface area contributed by atoms with Crippen molar-refractivity contribution in [3.8, 4) is 0 Å². The Bertz CT molecular complexity index is 380. The summed E-state index contributed by atoms with van der Waals surface area (Å²) in [6.45, 7) is 4.81. The smallest absolute Gasteiger partial charge is 0.224 e. The van der Waals surface area contributed by atoms with Crippen LogP contribution >= 0.6 is 12.4 Å². The van der Waals surface area contributed by atoms with Gasteiger partial charge < -0.3 is 15.8 Å². The van der Waals surface area contributed by atoms with E-state index in [1.165, 1.54) is 0 Å². The lowest BCUT2D eigenvalue weighted by atomic mass is 10.0. The first-order valence-electron chi connectivity index (χ1n) is 6.14. The molecule has 0 spiro atoms. The van der Waals surface area contributed by atoms with E-state index in [1.54, 1.807) is 7.11 Å². The number of halogens is 1. The summed E-state index contributed by atoms with van der Waals surface area (Å²) in [5, 5.41) is 2.88. The molecule has 19 heavy (non-hydrogen) atoms. The van der Waals surface area contributed by atoms with Crippen LogP contribution in [-0.4, -0.2) is 19.1 Å². The van der Waals surface area contributed by atoms with Crippen molar-refractivity contribution in [1.29, 1.82) is 0 Å². The summed E-state index contributed by atoms with van der Waals surface area (Å²) in [7, 11) is 1.67. The molecule has 4 nitrogen and oxygen atoms in total. The second kappa shape index (κ2) is 8.91. The number of hydrogen-bond acceptors (Lipinski definition) is 3. The maximum Gasteiger partial charge on any atom is 0.224 e. The van der Waals surface area contributed by atoms with Gasteiger partial charge in [0, 0.05) is 25.6 Å². The van der Waals surface area contributed by atoms with Crippen molar-refractivity contribution in [2.75, 3.05) is 7.11 Å². The fourth-order valence-electron chi connectivity index (χ4n) is 1.51. The normalized spacial score (nSPS) is 13.3. The van der Waals surface area contributed by atoms with Crippen LogP contribution in [0.1, 0.15) is 25.0 Å². The van der Waals surface area contributed by atoms with E-state index in [4.69, 9.17) is 10.5 Å². The van der Waals surface area contributed by atoms with E-state index in [1.807, 2.05) is 38.1 Å². The predicted octanol–water partition coefficient (Wildman–Crippen LogP) is 1.85. The third-order valence-electron chi connectivity index (χ3n) is 3.00. The molecule has 0 aromatic heterocycles. The Hall–Kier alpha value is -1.10. The van der Waals surface area contributed by atoms with Crippen molar-refractivity contribution >= 4 is 18.3 Å². The molecule has 0 aliphatic rings. The highest BCUT2D eigenvalue weighted by atomic mass is 35.5. The Balaban J connectivity index is 0.00000324. The molecule has 2 unspecified atom stereocenters. The van der Waals surface area contributed by atoms with Crippen LogP contribution < -0.4 is 11.1 Å². The zero-order valence-electron chi connectivity index (χ0n) is 11.7. The lowest BCUT2D eigenvalue weighted by Gasteiger charge is -2.15. The van der Waals surface area contributed by atoms with Gasteiger partial charge in [-0.25, -0.2) is 0 Å². The van der Waals surface area contributed by atoms with Gasteiger partial charge in [0.2, 0.25) is 5.91 Å². The Labute approximate surface area is 121 Å². The number of ether oxygens (including phenoxy) is 1. The third kappa shape index (κ3) is 6.05. The highest BCUT2D eigenvalue weighted by Crippen LogP contribution is 2.06. The van der Waals surface area contributed by atoms with E-state index in [0.29, 0.717) is 13.2 Å². The molecular formula is C14H23ClN2O2. The summed E-state index contributed by atoms with van der Waals surface area (Å²) in [6.07, 6.45) is 0. The van der Waals surface area contributed by atoms with Gasteiger partial charge in [-0.1, -0.05) is 31.2 Å². The van der Waals surface area contributed by atoms with Crippen LogP contribution in [0.25, 0.3) is 0 Å². The first-order valence-corrected chi connectivity index (χ1v) is 6.14. The highest BCUT2D eigenvalue weighted by molar-refractivity contribution is 5.85. The fourth-order valence-corrected chi connectivity index (χ4v) is 1.51. The van der Waals surface area contributed by atoms with Gasteiger partial charge in [0.25, 0.3) is 0 Å². The monoisotopic (exact) mass is 286 g/mol. The standard InChI is InChI=1S/C14H22N2O2.ClH/c1-10(11(2)15)14(17)16-8-12-4-6-13(7-5-12)9-18-3;/h4-7,10-11H,8-9,15H2,1-3H3,(H,16,17);1H. The van der Waals surface area contributed by atoms with E-state index < -0.39 is 0 Å². The van der Waals surface area contributed by atoms with Gasteiger partial charge in [0.1, 0.15) is 0 Å². The van der Waals surface area contributed by atoms with Crippen LogP contribution in [0.4, 0.5) is 0 Å². The maximum absolute atomic E-state index is 11.7. The van der Waals surface area contributed by atoms with Crippen molar-refractivity contribution in [3.05, 3.63) is 35.4 Å². The molecule has 3 N–H and O–H groups in total. The zero-order chi connectivity index (χ0) is 13.5. The number of nitrogens with two attached hydrogens (primary N) is 1. The number of benzene rings is 1. The zero-order valence-corrected chi connectivity index (χ0v) is 12.5. The van der Waals surface area contributed by atoms with Gasteiger partial charge in [-0.15, -0.1) is 12.4 Å². The average Bonchev–Trinajstić information content (AvgIpc) is 2.37. The van der Waals surface area contributed by atoms with Gasteiger partial charge in [-0.05, 0) is 18.1 Å². The van der Waals surface area contributed by atoms with Crippen molar-refractivity contribution < 1.29 is 9.53 Å². The minimum absolute atomic E-state index is 0. The third-order valence-corrected chi connectivity index (χ3v) is 3.00. The van der Waals surface area contributed by atoms with Crippen molar-refractivity contribution in [3.63, 3.8) is 0 Å². The van der Waals surface area contributed by atoms with E-state index >= 15 is 0 Å². The lowest BCUT2D eigenvalue weighted by Crippen LogP contribution is -2.38. The molecule has 0 aliphatic heterocycles. The van der Waals surface area contributed by atoms with E-state index in [2.05, 4.69) is 5.32 Å². The van der Waals surface area contributed by atoms with E-state index in [9.17, 15) is 4.79 Å². The van der Waals surface area contributed by atoms with Crippen LogP contribution in [0, 0.1) is 5.92 Å².